The molecule has 0 aliphatic carbocycles. The Morgan fingerprint density at radius 1 is 1.03 bits per heavy atom. The van der Waals surface area contributed by atoms with E-state index >= 15 is 0 Å². The van der Waals surface area contributed by atoms with Crippen molar-refractivity contribution in [1.82, 2.24) is 9.55 Å². The molecular formula is C29H41N3O5Si. The summed E-state index contributed by atoms with van der Waals surface area (Å²) in [6.07, 6.45) is 3.30. The first-order valence-electron chi connectivity index (χ1n) is 13.3. The lowest BCUT2D eigenvalue weighted by atomic mass is 10.1. The summed E-state index contributed by atoms with van der Waals surface area (Å²) in [5, 5.41) is 0.711. The van der Waals surface area contributed by atoms with Crippen LogP contribution in [0.5, 0.6) is 11.5 Å². The summed E-state index contributed by atoms with van der Waals surface area (Å²) in [6.45, 7) is 13.7. The van der Waals surface area contributed by atoms with E-state index in [1.165, 1.54) is 0 Å². The van der Waals surface area contributed by atoms with Gasteiger partial charge in [-0.25, -0.2) is 4.98 Å². The molecule has 38 heavy (non-hydrogen) atoms. The van der Waals surface area contributed by atoms with Crippen molar-refractivity contribution in [2.75, 3.05) is 45.5 Å². The molecule has 9 heteroatoms. The van der Waals surface area contributed by atoms with Crippen molar-refractivity contribution >= 4 is 30.6 Å². The van der Waals surface area contributed by atoms with Gasteiger partial charge in [-0.2, -0.15) is 0 Å². The van der Waals surface area contributed by atoms with Gasteiger partial charge in [-0.3, -0.25) is 9.36 Å². The first kappa shape index (κ1) is 28.1. The topological polar surface area (TPSA) is 75.1 Å². The van der Waals surface area contributed by atoms with Crippen LogP contribution in [0.1, 0.15) is 39.7 Å². The average Bonchev–Trinajstić information content (AvgIpc) is 2.90. The fraction of sp³-hybridized carbons (Fsp3) is 0.517. The molecule has 0 N–H and O–H groups in total. The fourth-order valence-corrected chi connectivity index (χ4v) is 5.51. The Labute approximate surface area is 226 Å². The van der Waals surface area contributed by atoms with E-state index in [4.69, 9.17) is 18.6 Å². The van der Waals surface area contributed by atoms with E-state index in [1.807, 2.05) is 36.4 Å². The van der Waals surface area contributed by atoms with E-state index in [0.29, 0.717) is 48.8 Å². The van der Waals surface area contributed by atoms with Gasteiger partial charge in [0.2, 0.25) is 0 Å². The molecule has 0 radical (unpaired) electrons. The first-order chi connectivity index (χ1) is 18.0. The first-order valence-corrected chi connectivity index (χ1v) is 16.2. The number of fused-ring (bicyclic) bond motifs is 1. The second-order valence-corrected chi connectivity index (χ2v) is 16.1. The summed E-state index contributed by atoms with van der Waals surface area (Å²) in [5.41, 5.74) is 2.44. The Bertz CT molecular complexity index is 1290. The summed E-state index contributed by atoms with van der Waals surface area (Å²) in [7, 11) is 1.35. The molecule has 1 aliphatic rings. The Morgan fingerprint density at radius 3 is 2.29 bits per heavy atom. The Kier molecular flexibility index (Phi) is 8.49. The van der Waals surface area contributed by atoms with E-state index in [2.05, 4.69) is 43.7 Å². The molecule has 0 saturated carbocycles. The third-order valence-electron chi connectivity index (χ3n) is 7.89. The van der Waals surface area contributed by atoms with Crippen LogP contribution in [-0.2, 0) is 9.16 Å². The second kappa shape index (κ2) is 11.5. The van der Waals surface area contributed by atoms with Crippen LogP contribution in [0.25, 0.3) is 10.9 Å². The zero-order valence-electron chi connectivity index (χ0n) is 23.7. The van der Waals surface area contributed by atoms with Crippen molar-refractivity contribution in [3.05, 3.63) is 53.1 Å². The molecule has 206 valence electrons. The molecule has 3 aromatic rings. The second-order valence-electron chi connectivity index (χ2n) is 11.3. The highest BCUT2D eigenvalue weighted by molar-refractivity contribution is 6.74. The maximum atomic E-state index is 13.6. The number of ether oxygens (including phenoxy) is 3. The molecule has 1 aromatic heterocycles. The number of hydrogen-bond donors (Lipinski definition) is 0. The monoisotopic (exact) mass is 539 g/mol. The average molecular weight is 540 g/mol. The highest BCUT2D eigenvalue weighted by atomic mass is 28.4. The zero-order valence-corrected chi connectivity index (χ0v) is 24.7. The van der Waals surface area contributed by atoms with Crippen LogP contribution in [0.4, 0.5) is 11.4 Å². The minimum atomic E-state index is -1.94. The van der Waals surface area contributed by atoms with Crippen LogP contribution in [0.3, 0.4) is 0 Å². The smallest absolute Gasteiger partial charge is 0.261 e. The highest BCUT2D eigenvalue weighted by Gasteiger charge is 2.37. The van der Waals surface area contributed by atoms with Crippen molar-refractivity contribution in [3.63, 3.8) is 0 Å². The minimum absolute atomic E-state index is 0.0237. The van der Waals surface area contributed by atoms with Gasteiger partial charge in [0, 0.05) is 55.4 Å². The number of benzene rings is 2. The zero-order chi connectivity index (χ0) is 27.5. The normalized spacial score (nSPS) is 15.0. The lowest BCUT2D eigenvalue weighted by molar-refractivity contribution is 0.0685. The number of methoxy groups -OCH3 is 2. The molecule has 0 atom stereocenters. The maximum Gasteiger partial charge on any atom is 0.261 e. The summed E-state index contributed by atoms with van der Waals surface area (Å²) in [4.78, 5) is 20.4. The van der Waals surface area contributed by atoms with E-state index in [-0.39, 0.29) is 16.6 Å². The summed E-state index contributed by atoms with van der Waals surface area (Å²) >= 11 is 0. The number of nitrogens with zero attached hydrogens (tertiary/aromatic N) is 3. The van der Waals surface area contributed by atoms with Crippen LogP contribution in [0.15, 0.2) is 47.5 Å². The maximum absolute atomic E-state index is 13.6. The van der Waals surface area contributed by atoms with Crippen molar-refractivity contribution in [2.45, 2.75) is 57.8 Å². The summed E-state index contributed by atoms with van der Waals surface area (Å²) < 4.78 is 24.9. The predicted molar refractivity (Wildman–Crippen MR) is 155 cm³/mol. The Hall–Kier alpha value is -2.88. The molecule has 1 fully saturated rings. The quantitative estimate of drug-likeness (QED) is 0.312. The van der Waals surface area contributed by atoms with Gasteiger partial charge in [0.05, 0.1) is 38.1 Å². The van der Waals surface area contributed by atoms with Gasteiger partial charge in [-0.1, -0.05) is 20.8 Å². The van der Waals surface area contributed by atoms with Crippen LogP contribution >= 0.6 is 0 Å². The van der Waals surface area contributed by atoms with Gasteiger partial charge < -0.3 is 23.5 Å². The van der Waals surface area contributed by atoms with E-state index < -0.39 is 8.32 Å². The molecule has 8 nitrogen and oxygen atoms in total. The van der Waals surface area contributed by atoms with Gasteiger partial charge >= 0.3 is 0 Å². The van der Waals surface area contributed by atoms with Crippen LogP contribution < -0.4 is 19.9 Å². The third kappa shape index (κ3) is 6.05. The molecule has 1 saturated heterocycles. The molecular weight excluding hydrogens is 498 g/mol. The standard InChI is InChI=1S/C29H41N3O5Si/c1-29(2,3)38(6,7)37-15-12-31(23-16-24(34-4)19-25(17-23)35-5)22-8-9-27-26(18-22)28(33)32(20-30-27)21-10-13-36-14-11-21/h8-9,16-21H,10-15H2,1-7H3. The van der Waals surface area contributed by atoms with Crippen LogP contribution in [-0.4, -0.2) is 58.5 Å². The predicted octanol–water partition coefficient (Wildman–Crippen LogP) is 5.93. The lowest BCUT2D eigenvalue weighted by Gasteiger charge is -2.37. The molecule has 0 amide bonds. The van der Waals surface area contributed by atoms with Gasteiger partial charge in [0.15, 0.2) is 8.32 Å². The molecule has 0 unspecified atom stereocenters. The lowest BCUT2D eigenvalue weighted by Crippen LogP contribution is -2.42. The van der Waals surface area contributed by atoms with Gasteiger partial charge in [-0.15, -0.1) is 0 Å². The van der Waals surface area contributed by atoms with Crippen LogP contribution in [0, 0.1) is 0 Å². The van der Waals surface area contributed by atoms with E-state index in [0.717, 1.165) is 24.2 Å². The minimum Gasteiger partial charge on any atom is -0.497 e. The van der Waals surface area contributed by atoms with Crippen LogP contribution in [0.2, 0.25) is 18.1 Å². The molecule has 0 spiro atoms. The summed E-state index contributed by atoms with van der Waals surface area (Å²) in [6, 6.07) is 11.8. The van der Waals surface area contributed by atoms with E-state index in [9.17, 15) is 4.79 Å². The Balaban J connectivity index is 1.75. The molecule has 4 rings (SSSR count). The SMILES string of the molecule is COc1cc(OC)cc(N(CCO[Si](C)(C)C(C)(C)C)c2ccc3ncn(C4CCOCC4)c(=O)c3c2)c1. The largest absolute Gasteiger partial charge is 0.497 e. The van der Waals surface area contributed by atoms with Gasteiger partial charge in [0.25, 0.3) is 5.56 Å². The molecule has 1 aliphatic heterocycles. The van der Waals surface area contributed by atoms with Crippen molar-refractivity contribution in [3.8, 4) is 11.5 Å². The fourth-order valence-electron chi connectivity index (χ4n) is 4.48. The van der Waals surface area contributed by atoms with Crippen molar-refractivity contribution in [2.24, 2.45) is 0 Å². The van der Waals surface area contributed by atoms with E-state index in [1.54, 1.807) is 25.1 Å². The molecule has 0 bridgehead atoms. The Morgan fingerprint density at radius 2 is 1.68 bits per heavy atom. The van der Waals surface area contributed by atoms with Crippen molar-refractivity contribution < 1.29 is 18.6 Å². The molecule has 2 heterocycles. The number of rotatable bonds is 9. The van der Waals surface area contributed by atoms with Gasteiger partial charge in [0.1, 0.15) is 11.5 Å². The van der Waals surface area contributed by atoms with Gasteiger partial charge in [-0.05, 0) is 49.2 Å². The summed E-state index contributed by atoms with van der Waals surface area (Å²) in [5.74, 6) is 1.39. The van der Waals surface area contributed by atoms with Crippen molar-refractivity contribution in [1.29, 1.82) is 0 Å². The molecule has 2 aromatic carbocycles. The number of hydrogen-bond acceptors (Lipinski definition) is 7. The highest BCUT2D eigenvalue weighted by Crippen LogP contribution is 2.37. The number of aromatic nitrogens is 2. The third-order valence-corrected chi connectivity index (χ3v) is 12.4. The number of anilines is 2.